The Bertz CT molecular complexity index is 762. The molecule has 0 bridgehead atoms. The van der Waals surface area contributed by atoms with Gasteiger partial charge in [0.1, 0.15) is 0 Å². The first kappa shape index (κ1) is 16.7. The number of anilines is 1. The quantitative estimate of drug-likeness (QED) is 0.850. The van der Waals surface area contributed by atoms with E-state index in [0.29, 0.717) is 11.8 Å². The Morgan fingerprint density at radius 2 is 1.71 bits per heavy atom. The Hall–Kier alpha value is -2.13. The molecule has 3 heteroatoms. The van der Waals surface area contributed by atoms with Gasteiger partial charge in [-0.15, -0.1) is 0 Å². The zero-order valence-electron chi connectivity index (χ0n) is 14.9. The van der Waals surface area contributed by atoms with Gasteiger partial charge in [-0.1, -0.05) is 45.9 Å². The Morgan fingerprint density at radius 1 is 0.958 bits per heavy atom. The predicted molar refractivity (Wildman–Crippen MR) is 99.6 cm³/mol. The van der Waals surface area contributed by atoms with Crippen molar-refractivity contribution in [2.24, 2.45) is 0 Å². The van der Waals surface area contributed by atoms with Gasteiger partial charge >= 0.3 is 0 Å². The van der Waals surface area contributed by atoms with Crippen molar-refractivity contribution in [1.29, 1.82) is 0 Å². The maximum Gasteiger partial charge on any atom is 0.255 e. The molecule has 126 valence electrons. The lowest BCUT2D eigenvalue weighted by Gasteiger charge is -2.17. The van der Waals surface area contributed by atoms with Crippen molar-refractivity contribution in [2.45, 2.75) is 52.6 Å². The number of nitrogens with one attached hydrogen (secondary N) is 2. The van der Waals surface area contributed by atoms with E-state index < -0.39 is 0 Å². The lowest BCUT2D eigenvalue weighted by Crippen LogP contribution is -2.14. The molecule has 1 heterocycles. The topological polar surface area (TPSA) is 41.1 Å². The van der Waals surface area contributed by atoms with Gasteiger partial charge in [0.05, 0.1) is 0 Å². The lowest BCUT2D eigenvalue weighted by atomic mass is 9.94. The standard InChI is InChI=1S/C21H26N2O/c1-13(2)15-7-8-20(19(10-15)14(3)4)23-21(24)16-5-6-17-11-22-12-18(17)9-16/h5-10,13-14,22H,11-12H2,1-4H3,(H,23,24). The normalized spacial score (nSPS) is 13.4. The van der Waals surface area contributed by atoms with Crippen molar-refractivity contribution < 1.29 is 4.79 Å². The van der Waals surface area contributed by atoms with E-state index in [0.717, 1.165) is 24.3 Å². The third-order valence-electron chi connectivity index (χ3n) is 4.71. The maximum absolute atomic E-state index is 12.7. The number of fused-ring (bicyclic) bond motifs is 1. The van der Waals surface area contributed by atoms with Crippen LogP contribution >= 0.6 is 0 Å². The molecule has 24 heavy (non-hydrogen) atoms. The molecule has 0 aromatic heterocycles. The third-order valence-corrected chi connectivity index (χ3v) is 4.71. The van der Waals surface area contributed by atoms with Crippen LogP contribution in [-0.4, -0.2) is 5.91 Å². The van der Waals surface area contributed by atoms with Crippen LogP contribution < -0.4 is 10.6 Å². The highest BCUT2D eigenvalue weighted by atomic mass is 16.1. The summed E-state index contributed by atoms with van der Waals surface area (Å²) < 4.78 is 0. The molecular formula is C21H26N2O. The molecule has 1 amide bonds. The second-order valence-corrected chi connectivity index (χ2v) is 7.20. The Labute approximate surface area is 144 Å². The summed E-state index contributed by atoms with van der Waals surface area (Å²) in [4.78, 5) is 12.7. The molecule has 0 fully saturated rings. The molecule has 0 saturated heterocycles. The first-order chi connectivity index (χ1) is 11.5. The molecule has 3 nitrogen and oxygen atoms in total. The molecule has 2 N–H and O–H groups in total. The van der Waals surface area contributed by atoms with Gasteiger partial charge in [0.2, 0.25) is 0 Å². The lowest BCUT2D eigenvalue weighted by molar-refractivity contribution is 0.102. The van der Waals surface area contributed by atoms with Crippen LogP contribution in [0.15, 0.2) is 36.4 Å². The van der Waals surface area contributed by atoms with Gasteiger partial charge in [-0.05, 0) is 52.3 Å². The van der Waals surface area contributed by atoms with Crippen LogP contribution in [0.3, 0.4) is 0 Å². The number of carbonyl (C=O) groups excluding carboxylic acids is 1. The van der Waals surface area contributed by atoms with E-state index in [2.05, 4.69) is 56.5 Å². The molecule has 0 saturated carbocycles. The molecule has 2 aromatic carbocycles. The average molecular weight is 322 g/mol. The van der Waals surface area contributed by atoms with Crippen LogP contribution in [0.1, 0.15) is 72.1 Å². The second-order valence-electron chi connectivity index (χ2n) is 7.20. The highest BCUT2D eigenvalue weighted by Gasteiger charge is 2.16. The van der Waals surface area contributed by atoms with Crippen molar-refractivity contribution in [3.63, 3.8) is 0 Å². The summed E-state index contributed by atoms with van der Waals surface area (Å²) in [5, 5.41) is 6.42. The highest BCUT2D eigenvalue weighted by Crippen LogP contribution is 2.29. The predicted octanol–water partition coefficient (Wildman–Crippen LogP) is 4.79. The van der Waals surface area contributed by atoms with Crippen molar-refractivity contribution in [3.05, 3.63) is 64.2 Å². The largest absolute Gasteiger partial charge is 0.322 e. The SMILES string of the molecule is CC(C)c1ccc(NC(=O)c2ccc3c(c2)CNC3)c(C(C)C)c1. The van der Waals surface area contributed by atoms with Gasteiger partial charge in [-0.2, -0.15) is 0 Å². The summed E-state index contributed by atoms with van der Waals surface area (Å²) in [6.07, 6.45) is 0. The number of carbonyl (C=O) groups is 1. The van der Waals surface area contributed by atoms with Crippen LogP contribution in [-0.2, 0) is 13.1 Å². The summed E-state index contributed by atoms with van der Waals surface area (Å²) >= 11 is 0. The number of amides is 1. The minimum Gasteiger partial charge on any atom is -0.322 e. The van der Waals surface area contributed by atoms with E-state index in [1.54, 1.807) is 0 Å². The van der Waals surface area contributed by atoms with E-state index in [4.69, 9.17) is 0 Å². The number of benzene rings is 2. The van der Waals surface area contributed by atoms with Gasteiger partial charge in [0.15, 0.2) is 0 Å². The molecule has 3 rings (SSSR count). The smallest absolute Gasteiger partial charge is 0.255 e. The Kier molecular flexibility index (Phi) is 4.72. The minimum atomic E-state index is -0.0381. The first-order valence-electron chi connectivity index (χ1n) is 8.73. The highest BCUT2D eigenvalue weighted by molar-refractivity contribution is 6.04. The number of hydrogen-bond donors (Lipinski definition) is 2. The summed E-state index contributed by atoms with van der Waals surface area (Å²) in [7, 11) is 0. The van der Waals surface area contributed by atoms with Crippen molar-refractivity contribution in [2.75, 3.05) is 5.32 Å². The zero-order chi connectivity index (χ0) is 17.3. The van der Waals surface area contributed by atoms with Gasteiger partial charge in [-0.25, -0.2) is 0 Å². The summed E-state index contributed by atoms with van der Waals surface area (Å²) in [6, 6.07) is 12.3. The van der Waals surface area contributed by atoms with Crippen LogP contribution in [0, 0.1) is 0 Å². The third kappa shape index (κ3) is 3.36. The second kappa shape index (κ2) is 6.78. The molecule has 0 aliphatic carbocycles. The molecular weight excluding hydrogens is 296 g/mol. The fourth-order valence-electron chi connectivity index (χ4n) is 3.16. The summed E-state index contributed by atoms with van der Waals surface area (Å²) in [6.45, 7) is 10.4. The van der Waals surface area contributed by atoms with E-state index in [1.165, 1.54) is 22.3 Å². The molecule has 0 unspecified atom stereocenters. The fraction of sp³-hybridized carbons (Fsp3) is 0.381. The zero-order valence-corrected chi connectivity index (χ0v) is 14.9. The molecule has 0 atom stereocenters. The fourth-order valence-corrected chi connectivity index (χ4v) is 3.16. The summed E-state index contributed by atoms with van der Waals surface area (Å²) in [5.41, 5.74) is 6.65. The van der Waals surface area contributed by atoms with Gasteiger partial charge in [0, 0.05) is 24.3 Å². The molecule has 0 spiro atoms. The molecule has 0 radical (unpaired) electrons. The van der Waals surface area contributed by atoms with Gasteiger partial charge in [-0.3, -0.25) is 4.79 Å². The monoisotopic (exact) mass is 322 g/mol. The van der Waals surface area contributed by atoms with Gasteiger partial charge < -0.3 is 10.6 Å². The van der Waals surface area contributed by atoms with Crippen molar-refractivity contribution >= 4 is 11.6 Å². The Morgan fingerprint density at radius 3 is 2.42 bits per heavy atom. The average Bonchev–Trinajstić information content (AvgIpc) is 3.02. The van der Waals surface area contributed by atoms with Crippen LogP contribution in [0.4, 0.5) is 5.69 Å². The number of hydrogen-bond acceptors (Lipinski definition) is 2. The minimum absolute atomic E-state index is 0.0381. The van der Waals surface area contributed by atoms with E-state index in [1.807, 2.05) is 18.2 Å². The molecule has 2 aromatic rings. The van der Waals surface area contributed by atoms with Crippen LogP contribution in [0.25, 0.3) is 0 Å². The van der Waals surface area contributed by atoms with Crippen molar-refractivity contribution in [3.8, 4) is 0 Å². The Balaban J connectivity index is 1.86. The van der Waals surface area contributed by atoms with Gasteiger partial charge in [0.25, 0.3) is 5.91 Å². The summed E-state index contributed by atoms with van der Waals surface area (Å²) in [5.74, 6) is 0.809. The number of rotatable bonds is 4. The maximum atomic E-state index is 12.7. The van der Waals surface area contributed by atoms with E-state index in [9.17, 15) is 4.79 Å². The van der Waals surface area contributed by atoms with Crippen LogP contribution in [0.5, 0.6) is 0 Å². The van der Waals surface area contributed by atoms with E-state index in [-0.39, 0.29) is 5.91 Å². The molecule has 1 aliphatic rings. The van der Waals surface area contributed by atoms with Crippen molar-refractivity contribution in [1.82, 2.24) is 5.32 Å². The first-order valence-corrected chi connectivity index (χ1v) is 8.73. The molecule has 1 aliphatic heterocycles. The van der Waals surface area contributed by atoms with E-state index >= 15 is 0 Å². The van der Waals surface area contributed by atoms with Crippen LogP contribution in [0.2, 0.25) is 0 Å².